The van der Waals surface area contributed by atoms with Crippen LogP contribution in [0.3, 0.4) is 0 Å². The highest BCUT2D eigenvalue weighted by molar-refractivity contribution is 8.02. The molecule has 4 heteroatoms. The van der Waals surface area contributed by atoms with Gasteiger partial charge in [0.05, 0.1) is 5.03 Å². The van der Waals surface area contributed by atoms with Crippen molar-refractivity contribution in [2.75, 3.05) is 11.6 Å². The van der Waals surface area contributed by atoms with Gasteiger partial charge in [0.15, 0.2) is 5.78 Å². The van der Waals surface area contributed by atoms with Gasteiger partial charge in [0, 0.05) is 17.8 Å². The van der Waals surface area contributed by atoms with Crippen molar-refractivity contribution in [3.63, 3.8) is 0 Å². The summed E-state index contributed by atoms with van der Waals surface area (Å²) in [6.07, 6.45) is 5.23. The minimum Gasteiger partial charge on any atom is -0.335 e. The van der Waals surface area contributed by atoms with Crippen LogP contribution in [0.2, 0.25) is 0 Å². The summed E-state index contributed by atoms with van der Waals surface area (Å²) in [4.78, 5) is 16.3. The van der Waals surface area contributed by atoms with E-state index in [0.29, 0.717) is 5.56 Å². The maximum atomic E-state index is 12.2. The fourth-order valence-electron chi connectivity index (χ4n) is 1.63. The summed E-state index contributed by atoms with van der Waals surface area (Å²) in [6, 6.07) is 13.2. The van der Waals surface area contributed by atoms with E-state index in [0.717, 1.165) is 16.4 Å². The molecule has 0 bridgehead atoms. The van der Waals surface area contributed by atoms with Crippen LogP contribution in [0.25, 0.3) is 0 Å². The topological polar surface area (TPSA) is 42.0 Å². The van der Waals surface area contributed by atoms with Gasteiger partial charge in [-0.25, -0.2) is 4.98 Å². The van der Waals surface area contributed by atoms with Gasteiger partial charge in [-0.1, -0.05) is 35.9 Å². The summed E-state index contributed by atoms with van der Waals surface area (Å²) < 4.78 is 0. The average Bonchev–Trinajstić information content (AvgIpc) is 2.48. The fourth-order valence-corrected chi connectivity index (χ4v) is 2.06. The average molecular weight is 284 g/mol. The summed E-state index contributed by atoms with van der Waals surface area (Å²) in [7, 11) is 0. The van der Waals surface area contributed by atoms with E-state index >= 15 is 0 Å². The van der Waals surface area contributed by atoms with Crippen molar-refractivity contribution in [1.29, 1.82) is 0 Å². The Morgan fingerprint density at radius 2 is 1.95 bits per heavy atom. The van der Waals surface area contributed by atoms with Gasteiger partial charge < -0.3 is 5.32 Å². The third kappa shape index (κ3) is 3.96. The number of carbonyl (C=O) groups is 1. The van der Waals surface area contributed by atoms with Crippen molar-refractivity contribution in [2.24, 2.45) is 0 Å². The molecule has 0 atom stereocenters. The quantitative estimate of drug-likeness (QED) is 0.668. The molecule has 0 aliphatic rings. The summed E-state index contributed by atoms with van der Waals surface area (Å²) in [5.74, 6) is 0.711. The van der Waals surface area contributed by atoms with E-state index < -0.39 is 0 Å². The second kappa shape index (κ2) is 6.91. The van der Waals surface area contributed by atoms with Crippen LogP contribution in [0.1, 0.15) is 15.9 Å². The van der Waals surface area contributed by atoms with E-state index in [9.17, 15) is 4.79 Å². The monoisotopic (exact) mass is 284 g/mol. The zero-order chi connectivity index (χ0) is 14.4. The first-order valence-corrected chi connectivity index (χ1v) is 7.46. The van der Waals surface area contributed by atoms with Crippen molar-refractivity contribution in [3.05, 3.63) is 70.9 Å². The lowest BCUT2D eigenvalue weighted by atomic mass is 10.1. The minimum absolute atomic E-state index is 0.0159. The molecule has 0 saturated heterocycles. The molecule has 0 saturated carbocycles. The van der Waals surface area contributed by atoms with E-state index in [-0.39, 0.29) is 5.78 Å². The number of pyridine rings is 1. The maximum Gasteiger partial charge on any atom is 0.188 e. The third-order valence-electron chi connectivity index (χ3n) is 2.73. The Morgan fingerprint density at radius 3 is 2.55 bits per heavy atom. The molecule has 1 heterocycles. The number of thioether (sulfide) groups is 1. The second-order valence-electron chi connectivity index (χ2n) is 4.28. The number of allylic oxidation sites excluding steroid dienone is 1. The first-order valence-electron chi connectivity index (χ1n) is 6.24. The zero-order valence-corrected chi connectivity index (χ0v) is 12.3. The van der Waals surface area contributed by atoms with E-state index in [2.05, 4.69) is 10.3 Å². The number of benzene rings is 1. The van der Waals surface area contributed by atoms with Crippen molar-refractivity contribution in [3.8, 4) is 0 Å². The summed E-state index contributed by atoms with van der Waals surface area (Å²) in [5.41, 5.74) is 1.83. The Kier molecular flexibility index (Phi) is 4.96. The van der Waals surface area contributed by atoms with E-state index in [1.165, 1.54) is 11.8 Å². The molecule has 0 amide bonds. The molecule has 0 fully saturated rings. The Hall–Kier alpha value is -2.07. The molecular formula is C16H16N2OS. The molecule has 0 aliphatic heterocycles. The SMILES string of the molecule is CS/C(=C/C(=O)c1ccc(C)cc1)Nc1ccccn1. The predicted molar refractivity (Wildman–Crippen MR) is 85.0 cm³/mol. The van der Waals surface area contributed by atoms with Gasteiger partial charge in [0.25, 0.3) is 0 Å². The third-order valence-corrected chi connectivity index (χ3v) is 3.39. The van der Waals surface area contributed by atoms with Gasteiger partial charge in [-0.2, -0.15) is 0 Å². The van der Waals surface area contributed by atoms with Gasteiger partial charge in [-0.15, -0.1) is 11.8 Å². The van der Waals surface area contributed by atoms with Crippen LogP contribution in [-0.4, -0.2) is 17.0 Å². The Bertz CT molecular complexity index is 606. The molecule has 3 nitrogen and oxygen atoms in total. The summed E-state index contributed by atoms with van der Waals surface area (Å²) >= 11 is 1.48. The number of anilines is 1. The van der Waals surface area contributed by atoms with Gasteiger partial charge >= 0.3 is 0 Å². The molecular weight excluding hydrogens is 268 g/mol. The summed E-state index contributed by atoms with van der Waals surface area (Å²) in [6.45, 7) is 2.00. The fraction of sp³-hybridized carbons (Fsp3) is 0.125. The van der Waals surface area contributed by atoms with Crippen molar-refractivity contribution >= 4 is 23.4 Å². The van der Waals surface area contributed by atoms with E-state index in [1.54, 1.807) is 12.3 Å². The summed E-state index contributed by atoms with van der Waals surface area (Å²) in [5, 5.41) is 3.91. The van der Waals surface area contributed by atoms with Crippen LogP contribution >= 0.6 is 11.8 Å². The zero-order valence-electron chi connectivity index (χ0n) is 11.5. The normalized spacial score (nSPS) is 11.2. The lowest BCUT2D eigenvalue weighted by molar-refractivity contribution is 0.104. The molecule has 0 radical (unpaired) electrons. The number of nitrogens with one attached hydrogen (secondary N) is 1. The van der Waals surface area contributed by atoms with Gasteiger partial charge in [-0.3, -0.25) is 4.79 Å². The Labute approximate surface area is 123 Å². The number of carbonyl (C=O) groups excluding carboxylic acids is 1. The number of rotatable bonds is 5. The van der Waals surface area contributed by atoms with Crippen LogP contribution in [0.15, 0.2) is 59.8 Å². The molecule has 0 spiro atoms. The highest BCUT2D eigenvalue weighted by Gasteiger charge is 2.05. The Balaban J connectivity index is 2.14. The molecule has 1 aromatic heterocycles. The number of nitrogens with zero attached hydrogens (tertiary/aromatic N) is 1. The molecule has 0 aliphatic carbocycles. The number of hydrogen-bond donors (Lipinski definition) is 1. The maximum absolute atomic E-state index is 12.2. The van der Waals surface area contributed by atoms with E-state index in [4.69, 9.17) is 0 Å². The number of aromatic nitrogens is 1. The van der Waals surface area contributed by atoms with Gasteiger partial charge in [-0.05, 0) is 25.3 Å². The lowest BCUT2D eigenvalue weighted by Gasteiger charge is -2.07. The highest BCUT2D eigenvalue weighted by Crippen LogP contribution is 2.16. The standard InChI is InChI=1S/C16H16N2OS/c1-12-6-8-13(9-7-12)14(19)11-16(20-2)18-15-5-3-4-10-17-15/h3-11H,1-2H3,(H,17,18)/b16-11+. The Morgan fingerprint density at radius 1 is 1.20 bits per heavy atom. The first-order chi connectivity index (χ1) is 9.69. The van der Waals surface area contributed by atoms with Crippen LogP contribution < -0.4 is 5.32 Å². The second-order valence-corrected chi connectivity index (χ2v) is 5.13. The molecule has 2 rings (SSSR count). The van der Waals surface area contributed by atoms with Crippen molar-refractivity contribution < 1.29 is 4.79 Å². The molecule has 1 aromatic carbocycles. The number of hydrogen-bond acceptors (Lipinski definition) is 4. The predicted octanol–water partition coefficient (Wildman–Crippen LogP) is 3.89. The molecule has 102 valence electrons. The minimum atomic E-state index is -0.0159. The van der Waals surface area contributed by atoms with Gasteiger partial charge in [0.2, 0.25) is 0 Å². The van der Waals surface area contributed by atoms with Crippen LogP contribution in [-0.2, 0) is 0 Å². The van der Waals surface area contributed by atoms with Gasteiger partial charge in [0.1, 0.15) is 5.82 Å². The van der Waals surface area contributed by atoms with Crippen LogP contribution in [0.5, 0.6) is 0 Å². The molecule has 20 heavy (non-hydrogen) atoms. The van der Waals surface area contributed by atoms with Crippen molar-refractivity contribution in [1.82, 2.24) is 4.98 Å². The lowest BCUT2D eigenvalue weighted by Crippen LogP contribution is -2.02. The molecule has 1 N–H and O–H groups in total. The van der Waals surface area contributed by atoms with E-state index in [1.807, 2.05) is 55.6 Å². The van der Waals surface area contributed by atoms with Crippen LogP contribution in [0.4, 0.5) is 5.82 Å². The number of ketones is 1. The van der Waals surface area contributed by atoms with Crippen LogP contribution in [0, 0.1) is 6.92 Å². The largest absolute Gasteiger partial charge is 0.335 e. The van der Waals surface area contributed by atoms with Crippen molar-refractivity contribution in [2.45, 2.75) is 6.92 Å². The highest BCUT2D eigenvalue weighted by atomic mass is 32.2. The number of aryl methyl sites for hydroxylation is 1. The molecule has 2 aromatic rings. The molecule has 0 unspecified atom stereocenters. The smallest absolute Gasteiger partial charge is 0.188 e. The first kappa shape index (κ1) is 14.3.